The van der Waals surface area contributed by atoms with Crippen LogP contribution in [0.2, 0.25) is 0 Å². The highest BCUT2D eigenvalue weighted by Crippen LogP contribution is 2.37. The van der Waals surface area contributed by atoms with E-state index in [1.807, 2.05) is 0 Å². The molecule has 1 atom stereocenters. The highest BCUT2D eigenvalue weighted by Gasteiger charge is 2.32. The predicted octanol–water partition coefficient (Wildman–Crippen LogP) is 3.00. The summed E-state index contributed by atoms with van der Waals surface area (Å²) in [5.41, 5.74) is 5.53. The molecule has 0 spiro atoms. The van der Waals surface area contributed by atoms with Crippen LogP contribution in [-0.4, -0.2) is 6.17 Å². The molecule has 2 aliphatic heterocycles. The van der Waals surface area contributed by atoms with E-state index in [1.165, 1.54) is 22.5 Å². The van der Waals surface area contributed by atoms with Crippen LogP contribution in [-0.2, 0) is 13.0 Å². The average Bonchev–Trinajstić information content (AvgIpc) is 2.73. The maximum absolute atomic E-state index is 3.63. The number of rotatable bonds is 0. The van der Waals surface area contributed by atoms with Crippen LogP contribution in [0.1, 0.15) is 11.1 Å². The van der Waals surface area contributed by atoms with Gasteiger partial charge in [-0.15, -0.1) is 0 Å². The molecule has 2 heterocycles. The van der Waals surface area contributed by atoms with Gasteiger partial charge in [-0.25, -0.2) is 0 Å². The first-order valence-electron chi connectivity index (χ1n) is 6.11. The number of nitrogens with one attached hydrogen (secondary N) is 1. The zero-order chi connectivity index (χ0) is 11.2. The minimum Gasteiger partial charge on any atom is -0.365 e. The largest absolute Gasteiger partial charge is 0.365 e. The molecule has 2 aliphatic rings. The van der Waals surface area contributed by atoms with Crippen molar-refractivity contribution in [2.75, 3.05) is 10.2 Å². The summed E-state index contributed by atoms with van der Waals surface area (Å²) in [7, 11) is 0. The minimum absolute atomic E-state index is 0.433. The first kappa shape index (κ1) is 9.11. The minimum atomic E-state index is 0.433. The maximum Gasteiger partial charge on any atom is 0.103 e. The Labute approximate surface area is 101 Å². The summed E-state index contributed by atoms with van der Waals surface area (Å²) in [6.07, 6.45) is 1.53. The van der Waals surface area contributed by atoms with Crippen LogP contribution in [0.25, 0.3) is 0 Å². The molecule has 0 bridgehead atoms. The Hall–Kier alpha value is -1.96. The van der Waals surface area contributed by atoms with Crippen LogP contribution in [0.15, 0.2) is 48.5 Å². The lowest BCUT2D eigenvalue weighted by atomic mass is 10.1. The van der Waals surface area contributed by atoms with Crippen molar-refractivity contribution in [3.63, 3.8) is 0 Å². The molecular formula is C15H14N2. The molecule has 2 aromatic carbocycles. The molecule has 0 fully saturated rings. The third kappa shape index (κ3) is 1.27. The van der Waals surface area contributed by atoms with E-state index in [0.717, 1.165) is 13.0 Å². The first-order chi connectivity index (χ1) is 8.42. The average molecular weight is 222 g/mol. The number of hydrogen-bond donors (Lipinski definition) is 1. The van der Waals surface area contributed by atoms with E-state index in [0.29, 0.717) is 6.17 Å². The molecule has 17 heavy (non-hydrogen) atoms. The summed E-state index contributed by atoms with van der Waals surface area (Å²) in [5.74, 6) is 0. The van der Waals surface area contributed by atoms with Gasteiger partial charge < -0.3 is 10.2 Å². The number of fused-ring (bicyclic) bond motifs is 4. The van der Waals surface area contributed by atoms with Crippen LogP contribution >= 0.6 is 0 Å². The van der Waals surface area contributed by atoms with E-state index < -0.39 is 0 Å². The highest BCUT2D eigenvalue weighted by atomic mass is 15.3. The molecule has 0 aliphatic carbocycles. The molecule has 2 heteroatoms. The normalized spacial score (nSPS) is 20.2. The molecule has 0 amide bonds. The maximum atomic E-state index is 3.63. The molecular weight excluding hydrogens is 208 g/mol. The zero-order valence-electron chi connectivity index (χ0n) is 9.56. The lowest BCUT2D eigenvalue weighted by molar-refractivity contribution is 0.662. The Bertz CT molecular complexity index is 571. The summed E-state index contributed by atoms with van der Waals surface area (Å²) >= 11 is 0. The molecule has 1 N–H and O–H groups in total. The van der Waals surface area contributed by atoms with Crippen LogP contribution in [0.5, 0.6) is 0 Å². The van der Waals surface area contributed by atoms with Crippen molar-refractivity contribution in [1.29, 1.82) is 0 Å². The third-order valence-corrected chi connectivity index (χ3v) is 3.77. The standard InChI is InChI=1S/C15H14N2/c1-3-7-13-12(6-1)10-17-14-8-4-2-5-11(14)9-15(17)16-13/h1-8,15-16H,9-10H2/t15-/m0/s1. The number of benzene rings is 2. The van der Waals surface area contributed by atoms with Gasteiger partial charge in [0.1, 0.15) is 6.17 Å². The summed E-state index contributed by atoms with van der Waals surface area (Å²) in [6, 6.07) is 17.3. The highest BCUT2D eigenvalue weighted by molar-refractivity contribution is 5.67. The van der Waals surface area contributed by atoms with Gasteiger partial charge in [0.15, 0.2) is 0 Å². The van der Waals surface area contributed by atoms with Gasteiger partial charge in [0.05, 0.1) is 0 Å². The molecule has 0 saturated heterocycles. The second-order valence-electron chi connectivity index (χ2n) is 4.78. The molecule has 0 aromatic heterocycles. The van der Waals surface area contributed by atoms with Crippen LogP contribution in [0.4, 0.5) is 11.4 Å². The SMILES string of the molecule is c1ccc2c(c1)CN1c3ccccc3C[C@H]1N2. The quantitative estimate of drug-likeness (QED) is 0.737. The van der Waals surface area contributed by atoms with E-state index in [4.69, 9.17) is 0 Å². The third-order valence-electron chi connectivity index (χ3n) is 3.77. The van der Waals surface area contributed by atoms with E-state index in [9.17, 15) is 0 Å². The van der Waals surface area contributed by atoms with Crippen molar-refractivity contribution in [3.8, 4) is 0 Å². The van der Waals surface area contributed by atoms with Gasteiger partial charge in [0.2, 0.25) is 0 Å². The van der Waals surface area contributed by atoms with Crippen molar-refractivity contribution in [2.24, 2.45) is 0 Å². The van der Waals surface area contributed by atoms with E-state index >= 15 is 0 Å². The van der Waals surface area contributed by atoms with Gasteiger partial charge in [0.25, 0.3) is 0 Å². The van der Waals surface area contributed by atoms with Gasteiger partial charge in [-0.1, -0.05) is 36.4 Å². The molecule has 0 unspecified atom stereocenters. The van der Waals surface area contributed by atoms with Gasteiger partial charge in [-0.2, -0.15) is 0 Å². The Morgan fingerprint density at radius 3 is 2.65 bits per heavy atom. The first-order valence-corrected chi connectivity index (χ1v) is 6.11. The topological polar surface area (TPSA) is 15.3 Å². The number of hydrogen-bond acceptors (Lipinski definition) is 2. The lowest BCUT2D eigenvalue weighted by Crippen LogP contribution is -2.41. The fraction of sp³-hybridized carbons (Fsp3) is 0.200. The number of anilines is 2. The van der Waals surface area contributed by atoms with Gasteiger partial charge in [-0.05, 0) is 23.3 Å². The summed E-state index contributed by atoms with van der Waals surface area (Å²) in [5, 5.41) is 3.63. The van der Waals surface area contributed by atoms with Crippen molar-refractivity contribution in [2.45, 2.75) is 19.1 Å². The summed E-state index contributed by atoms with van der Waals surface area (Å²) in [4.78, 5) is 2.47. The van der Waals surface area contributed by atoms with Crippen molar-refractivity contribution < 1.29 is 0 Å². The van der Waals surface area contributed by atoms with Crippen molar-refractivity contribution >= 4 is 11.4 Å². The number of nitrogens with zero attached hydrogens (tertiary/aromatic N) is 1. The summed E-state index contributed by atoms with van der Waals surface area (Å²) in [6.45, 7) is 1.02. The molecule has 84 valence electrons. The van der Waals surface area contributed by atoms with E-state index in [-0.39, 0.29) is 0 Å². The number of para-hydroxylation sites is 2. The van der Waals surface area contributed by atoms with Gasteiger partial charge in [0, 0.05) is 24.3 Å². The van der Waals surface area contributed by atoms with Crippen LogP contribution in [0, 0.1) is 0 Å². The smallest absolute Gasteiger partial charge is 0.103 e. The van der Waals surface area contributed by atoms with E-state index in [2.05, 4.69) is 58.7 Å². The Morgan fingerprint density at radius 2 is 1.71 bits per heavy atom. The van der Waals surface area contributed by atoms with Crippen molar-refractivity contribution in [1.82, 2.24) is 0 Å². The zero-order valence-corrected chi connectivity index (χ0v) is 9.56. The van der Waals surface area contributed by atoms with Crippen molar-refractivity contribution in [3.05, 3.63) is 59.7 Å². The van der Waals surface area contributed by atoms with Crippen LogP contribution in [0.3, 0.4) is 0 Å². The fourth-order valence-corrected chi connectivity index (χ4v) is 2.94. The van der Waals surface area contributed by atoms with Gasteiger partial charge in [-0.3, -0.25) is 0 Å². The molecule has 4 rings (SSSR count). The molecule has 2 aromatic rings. The Balaban J connectivity index is 1.79. The van der Waals surface area contributed by atoms with E-state index in [1.54, 1.807) is 0 Å². The monoisotopic (exact) mass is 222 g/mol. The second kappa shape index (κ2) is 3.27. The molecule has 0 saturated carbocycles. The Kier molecular flexibility index (Phi) is 1.75. The Morgan fingerprint density at radius 1 is 0.941 bits per heavy atom. The molecule has 2 nitrogen and oxygen atoms in total. The van der Waals surface area contributed by atoms with Crippen LogP contribution < -0.4 is 10.2 Å². The fourth-order valence-electron chi connectivity index (χ4n) is 2.94. The second-order valence-corrected chi connectivity index (χ2v) is 4.78. The molecule has 0 radical (unpaired) electrons. The predicted molar refractivity (Wildman–Crippen MR) is 70.2 cm³/mol. The lowest BCUT2D eigenvalue weighted by Gasteiger charge is -2.35. The van der Waals surface area contributed by atoms with Gasteiger partial charge >= 0.3 is 0 Å². The summed E-state index contributed by atoms with van der Waals surface area (Å²) < 4.78 is 0.